The quantitative estimate of drug-likeness (QED) is 0.182. The van der Waals surface area contributed by atoms with Gasteiger partial charge < -0.3 is 20.1 Å². The van der Waals surface area contributed by atoms with Crippen LogP contribution in [-0.2, 0) is 25.7 Å². The van der Waals surface area contributed by atoms with Gasteiger partial charge in [0.25, 0.3) is 0 Å². The number of fused-ring (bicyclic) bond motifs is 8. The number of benzene rings is 4. The van der Waals surface area contributed by atoms with E-state index in [1.54, 1.807) is 0 Å². The van der Waals surface area contributed by atoms with Gasteiger partial charge in [0.05, 0.1) is 6.61 Å². The summed E-state index contributed by atoms with van der Waals surface area (Å²) in [7, 11) is 0. The van der Waals surface area contributed by atoms with Crippen molar-refractivity contribution in [1.29, 1.82) is 0 Å². The molecule has 0 fully saturated rings. The second-order valence-electron chi connectivity index (χ2n) is 13.1. The number of phenolic OH excluding ortho intramolecular Hbond substituents is 3. The molecule has 44 heavy (non-hydrogen) atoms. The predicted molar refractivity (Wildman–Crippen MR) is 180 cm³/mol. The Hall–Kier alpha value is -3.92. The maximum atomic E-state index is 11.9. The van der Waals surface area contributed by atoms with Crippen molar-refractivity contribution < 1.29 is 20.1 Å². The van der Waals surface area contributed by atoms with Crippen molar-refractivity contribution in [3.63, 3.8) is 0 Å². The van der Waals surface area contributed by atoms with E-state index in [2.05, 4.69) is 73.6 Å². The van der Waals surface area contributed by atoms with E-state index in [4.69, 9.17) is 4.74 Å². The number of ether oxygens (including phenoxy) is 1. The number of rotatable bonds is 4. The smallest absolute Gasteiger partial charge is 0.126 e. The SMILES string of the molecule is CCCCOc1c2cc(C)c(C)c1Cc1cc(C)c(C)c(c1O)Cc1cc(C)c(C)c(c1O)Cc1cc(C)c(C)c(c1O)C2. The highest BCUT2D eigenvalue weighted by Crippen LogP contribution is 2.42. The Morgan fingerprint density at radius 3 is 1.20 bits per heavy atom. The van der Waals surface area contributed by atoms with Crippen molar-refractivity contribution in [2.24, 2.45) is 0 Å². The normalized spacial score (nSPS) is 12.8. The summed E-state index contributed by atoms with van der Waals surface area (Å²) in [6, 6.07) is 8.41. The van der Waals surface area contributed by atoms with Crippen molar-refractivity contribution in [2.75, 3.05) is 6.61 Å². The molecule has 0 atom stereocenters. The Balaban J connectivity index is 1.86. The average molecular weight is 593 g/mol. The Morgan fingerprint density at radius 2 is 0.818 bits per heavy atom. The fourth-order valence-corrected chi connectivity index (χ4v) is 6.84. The minimum atomic E-state index is 0.240. The number of aromatic hydroxyl groups is 3. The highest BCUT2D eigenvalue weighted by atomic mass is 16.5. The summed E-state index contributed by atoms with van der Waals surface area (Å²) in [6.45, 7) is 19.5. The summed E-state index contributed by atoms with van der Waals surface area (Å²) < 4.78 is 6.62. The van der Waals surface area contributed by atoms with Gasteiger partial charge in [-0.1, -0.05) is 37.6 Å². The van der Waals surface area contributed by atoms with Gasteiger partial charge in [-0.25, -0.2) is 0 Å². The lowest BCUT2D eigenvalue weighted by molar-refractivity contribution is 0.303. The summed E-state index contributed by atoms with van der Waals surface area (Å²) >= 11 is 0. The first kappa shape index (κ1) is 31.5. The molecule has 0 amide bonds. The molecule has 0 saturated heterocycles. The number of aryl methyl sites for hydroxylation is 4. The molecule has 5 rings (SSSR count). The van der Waals surface area contributed by atoms with E-state index in [-0.39, 0.29) is 17.2 Å². The number of hydrogen-bond donors (Lipinski definition) is 3. The first-order valence-electron chi connectivity index (χ1n) is 16.0. The van der Waals surface area contributed by atoms with Crippen molar-refractivity contribution in [1.82, 2.24) is 0 Å². The average Bonchev–Trinajstić information content (AvgIpc) is 2.98. The standard InChI is InChI=1S/C40H48O4/c1-10-11-12-44-40-32-16-24(5)28(9)36(40)19-31-15-23(4)26(7)34(39(31)43)17-29-13-21(2)25(6)33(37(29)41)18-30-14-22(3)27(8)35(20-32)38(30)42/h13-16,41-43H,10-12,17-20H2,1-9H3. The molecule has 0 radical (unpaired) electrons. The van der Waals surface area contributed by atoms with Crippen LogP contribution in [0.3, 0.4) is 0 Å². The molecule has 0 aliphatic heterocycles. The molecule has 0 unspecified atom stereocenters. The van der Waals surface area contributed by atoms with Crippen molar-refractivity contribution in [2.45, 2.75) is 101 Å². The first-order chi connectivity index (χ1) is 20.8. The van der Waals surface area contributed by atoms with Crippen LogP contribution in [0.2, 0.25) is 0 Å². The molecule has 4 heteroatoms. The van der Waals surface area contributed by atoms with Crippen LogP contribution < -0.4 is 4.74 Å². The molecule has 0 spiro atoms. The maximum Gasteiger partial charge on any atom is 0.126 e. The molecule has 4 aromatic rings. The molecule has 1 aliphatic carbocycles. The molecule has 8 bridgehead atoms. The van der Waals surface area contributed by atoms with Crippen LogP contribution >= 0.6 is 0 Å². The van der Waals surface area contributed by atoms with Crippen molar-refractivity contribution in [3.05, 3.63) is 113 Å². The molecule has 232 valence electrons. The van der Waals surface area contributed by atoms with Gasteiger partial charge in [0.15, 0.2) is 0 Å². The predicted octanol–water partition coefficient (Wildman–Crippen LogP) is 9.13. The maximum absolute atomic E-state index is 11.9. The van der Waals surface area contributed by atoms with Crippen molar-refractivity contribution in [3.8, 4) is 23.0 Å². The van der Waals surface area contributed by atoms with Crippen LogP contribution in [-0.4, -0.2) is 21.9 Å². The zero-order valence-electron chi connectivity index (χ0n) is 28.0. The van der Waals surface area contributed by atoms with E-state index in [0.29, 0.717) is 32.3 Å². The summed E-state index contributed by atoms with van der Waals surface area (Å²) in [5.41, 5.74) is 15.9. The molecule has 1 aliphatic rings. The minimum Gasteiger partial charge on any atom is -0.507 e. The molecule has 4 nitrogen and oxygen atoms in total. The Bertz CT molecular complexity index is 1780. The van der Waals surface area contributed by atoms with Gasteiger partial charge >= 0.3 is 0 Å². The third-order valence-electron chi connectivity index (χ3n) is 10.3. The Labute approximate surface area is 263 Å². The van der Waals surface area contributed by atoms with E-state index in [1.165, 1.54) is 5.56 Å². The monoisotopic (exact) mass is 592 g/mol. The number of unbranched alkanes of at least 4 members (excludes halogenated alkanes) is 1. The lowest BCUT2D eigenvalue weighted by Gasteiger charge is -2.24. The second-order valence-corrected chi connectivity index (χ2v) is 13.1. The Morgan fingerprint density at radius 1 is 0.500 bits per heavy atom. The first-order valence-corrected chi connectivity index (χ1v) is 16.0. The van der Waals surface area contributed by atoms with E-state index < -0.39 is 0 Å². The van der Waals surface area contributed by atoms with Gasteiger partial charge in [-0.05, 0) is 129 Å². The van der Waals surface area contributed by atoms with E-state index in [1.807, 2.05) is 13.0 Å². The zero-order valence-corrected chi connectivity index (χ0v) is 28.0. The van der Waals surface area contributed by atoms with Crippen LogP contribution in [0.25, 0.3) is 0 Å². The molecule has 0 aromatic heterocycles. The highest BCUT2D eigenvalue weighted by molar-refractivity contribution is 5.62. The van der Waals surface area contributed by atoms with Gasteiger partial charge in [0, 0.05) is 47.9 Å². The Kier molecular flexibility index (Phi) is 8.75. The largest absolute Gasteiger partial charge is 0.507 e. The van der Waals surface area contributed by atoms with Crippen LogP contribution in [0.15, 0.2) is 24.3 Å². The van der Waals surface area contributed by atoms with Gasteiger partial charge in [-0.15, -0.1) is 0 Å². The lowest BCUT2D eigenvalue weighted by Crippen LogP contribution is -2.10. The van der Waals surface area contributed by atoms with Crippen LogP contribution in [0.4, 0.5) is 0 Å². The topological polar surface area (TPSA) is 69.9 Å². The third kappa shape index (κ3) is 5.56. The van der Waals surface area contributed by atoms with Gasteiger partial charge in [-0.3, -0.25) is 0 Å². The van der Waals surface area contributed by atoms with Gasteiger partial charge in [0.1, 0.15) is 23.0 Å². The number of phenols is 3. The van der Waals surface area contributed by atoms with Gasteiger partial charge in [0.2, 0.25) is 0 Å². The highest BCUT2D eigenvalue weighted by Gasteiger charge is 2.25. The second kappa shape index (κ2) is 12.2. The number of hydrogen-bond acceptors (Lipinski definition) is 4. The lowest BCUT2D eigenvalue weighted by atomic mass is 9.84. The zero-order chi connectivity index (χ0) is 32.0. The molecule has 3 N–H and O–H groups in total. The molecular weight excluding hydrogens is 544 g/mol. The van der Waals surface area contributed by atoms with Gasteiger partial charge in [-0.2, -0.15) is 0 Å². The molecule has 4 aromatic carbocycles. The molecule has 0 heterocycles. The van der Waals surface area contributed by atoms with Crippen molar-refractivity contribution >= 4 is 0 Å². The van der Waals surface area contributed by atoms with E-state index >= 15 is 0 Å². The summed E-state index contributed by atoms with van der Waals surface area (Å²) in [5, 5.41) is 35.4. The summed E-state index contributed by atoms with van der Waals surface area (Å²) in [6.07, 6.45) is 3.85. The van der Waals surface area contributed by atoms with Crippen LogP contribution in [0.5, 0.6) is 23.0 Å². The minimum absolute atomic E-state index is 0.240. The third-order valence-corrected chi connectivity index (χ3v) is 10.3. The molecular formula is C40H48O4. The van der Waals surface area contributed by atoms with E-state index in [9.17, 15) is 15.3 Å². The van der Waals surface area contributed by atoms with Crippen LogP contribution in [0.1, 0.15) is 109 Å². The van der Waals surface area contributed by atoms with Crippen LogP contribution in [0, 0.1) is 55.4 Å². The fourth-order valence-electron chi connectivity index (χ4n) is 6.84. The molecule has 0 saturated carbocycles. The fraction of sp³-hybridized carbons (Fsp3) is 0.400. The van der Waals surface area contributed by atoms with E-state index in [0.717, 1.165) is 102 Å². The summed E-state index contributed by atoms with van der Waals surface area (Å²) in [5.74, 6) is 1.68. The summed E-state index contributed by atoms with van der Waals surface area (Å²) in [4.78, 5) is 0.